The van der Waals surface area contributed by atoms with Gasteiger partial charge in [-0.15, -0.1) is 0 Å². The van der Waals surface area contributed by atoms with E-state index in [0.717, 1.165) is 5.56 Å². The first-order valence-corrected chi connectivity index (χ1v) is 6.40. The molecule has 0 fully saturated rings. The molecule has 2 N–H and O–H groups in total. The van der Waals surface area contributed by atoms with Gasteiger partial charge in [0, 0.05) is 5.92 Å². The molecule has 0 aliphatic rings. The predicted molar refractivity (Wildman–Crippen MR) is 76.4 cm³/mol. The molecule has 0 heterocycles. The zero-order valence-corrected chi connectivity index (χ0v) is 11.3. The maximum absolute atomic E-state index is 9.48. The molecule has 2 rings (SSSR count). The van der Waals surface area contributed by atoms with Gasteiger partial charge in [-0.3, -0.25) is 0 Å². The van der Waals surface area contributed by atoms with E-state index in [1.54, 1.807) is 25.3 Å². The normalized spacial score (nSPS) is 11.9. The number of ether oxygens (including phenoxy) is 2. The molecule has 1 unspecified atom stereocenters. The van der Waals surface area contributed by atoms with Gasteiger partial charge < -0.3 is 19.7 Å². The van der Waals surface area contributed by atoms with Crippen LogP contribution in [0.1, 0.15) is 11.5 Å². The van der Waals surface area contributed by atoms with E-state index in [4.69, 9.17) is 9.47 Å². The summed E-state index contributed by atoms with van der Waals surface area (Å²) in [6, 6.07) is 14.2. The van der Waals surface area contributed by atoms with Crippen molar-refractivity contribution in [3.05, 3.63) is 54.1 Å². The summed E-state index contributed by atoms with van der Waals surface area (Å²) in [5.74, 6) is 1.26. The first kappa shape index (κ1) is 14.2. The number of para-hydroxylation sites is 2. The molecular formula is C16H18O4. The highest BCUT2D eigenvalue weighted by Gasteiger charge is 2.13. The van der Waals surface area contributed by atoms with Crippen molar-refractivity contribution in [1.29, 1.82) is 0 Å². The second-order valence-electron chi connectivity index (χ2n) is 4.44. The van der Waals surface area contributed by atoms with E-state index in [2.05, 4.69) is 0 Å². The quantitative estimate of drug-likeness (QED) is 0.850. The Bertz CT molecular complexity index is 554. The third-order valence-electron chi connectivity index (χ3n) is 3.07. The Morgan fingerprint density at radius 1 is 1.05 bits per heavy atom. The Morgan fingerprint density at radius 3 is 2.45 bits per heavy atom. The lowest BCUT2D eigenvalue weighted by Crippen LogP contribution is -2.14. The van der Waals surface area contributed by atoms with Crippen molar-refractivity contribution in [2.45, 2.75) is 5.92 Å². The lowest BCUT2D eigenvalue weighted by molar-refractivity contribution is 0.200. The zero-order chi connectivity index (χ0) is 14.4. The highest BCUT2D eigenvalue weighted by atomic mass is 16.5. The van der Waals surface area contributed by atoms with Crippen molar-refractivity contribution in [1.82, 2.24) is 0 Å². The molecule has 4 nitrogen and oxygen atoms in total. The molecule has 0 saturated carbocycles. The molecule has 0 aromatic heterocycles. The SMILES string of the molecule is COc1ccccc1OCC(CO)c1cccc(O)c1. The summed E-state index contributed by atoms with van der Waals surface area (Å²) < 4.78 is 10.9. The number of benzene rings is 2. The van der Waals surface area contributed by atoms with E-state index in [0.29, 0.717) is 18.1 Å². The van der Waals surface area contributed by atoms with Gasteiger partial charge in [-0.05, 0) is 29.8 Å². The van der Waals surface area contributed by atoms with Gasteiger partial charge in [0.05, 0.1) is 20.3 Å². The molecule has 0 aliphatic heterocycles. The number of methoxy groups -OCH3 is 1. The Kier molecular flexibility index (Phi) is 4.85. The van der Waals surface area contributed by atoms with Gasteiger partial charge in [-0.2, -0.15) is 0 Å². The molecule has 0 amide bonds. The highest BCUT2D eigenvalue weighted by molar-refractivity contribution is 5.39. The molecule has 1 atom stereocenters. The number of hydrogen-bond acceptors (Lipinski definition) is 4. The summed E-state index contributed by atoms with van der Waals surface area (Å²) >= 11 is 0. The summed E-state index contributed by atoms with van der Waals surface area (Å²) in [6.07, 6.45) is 0. The van der Waals surface area contributed by atoms with Crippen LogP contribution in [0.5, 0.6) is 17.2 Å². The number of hydrogen-bond donors (Lipinski definition) is 2. The average molecular weight is 274 g/mol. The first-order chi connectivity index (χ1) is 9.74. The Morgan fingerprint density at radius 2 is 1.80 bits per heavy atom. The molecule has 0 bridgehead atoms. The number of phenols is 1. The number of aliphatic hydroxyl groups excluding tert-OH is 1. The van der Waals surface area contributed by atoms with Gasteiger partial charge in [-0.1, -0.05) is 24.3 Å². The van der Waals surface area contributed by atoms with Gasteiger partial charge in [-0.25, -0.2) is 0 Å². The van der Waals surface area contributed by atoms with Gasteiger partial charge >= 0.3 is 0 Å². The number of aromatic hydroxyl groups is 1. The Labute approximate surface area is 118 Å². The van der Waals surface area contributed by atoms with Crippen LogP contribution in [0.4, 0.5) is 0 Å². The molecular weight excluding hydrogens is 256 g/mol. The van der Waals surface area contributed by atoms with Crippen LogP contribution < -0.4 is 9.47 Å². The van der Waals surface area contributed by atoms with Crippen molar-refractivity contribution >= 4 is 0 Å². The van der Waals surface area contributed by atoms with Gasteiger partial charge in [0.1, 0.15) is 5.75 Å². The third kappa shape index (κ3) is 3.42. The average Bonchev–Trinajstić information content (AvgIpc) is 2.48. The number of rotatable bonds is 6. The van der Waals surface area contributed by atoms with Crippen LogP contribution in [0.25, 0.3) is 0 Å². The summed E-state index contributed by atoms with van der Waals surface area (Å²) in [7, 11) is 1.58. The third-order valence-corrected chi connectivity index (χ3v) is 3.07. The lowest BCUT2D eigenvalue weighted by Gasteiger charge is -2.17. The first-order valence-electron chi connectivity index (χ1n) is 6.40. The fraction of sp³-hybridized carbons (Fsp3) is 0.250. The van der Waals surface area contributed by atoms with E-state index >= 15 is 0 Å². The monoisotopic (exact) mass is 274 g/mol. The maximum atomic E-state index is 9.48. The van der Waals surface area contributed by atoms with Gasteiger partial charge in [0.2, 0.25) is 0 Å². The molecule has 4 heteroatoms. The van der Waals surface area contributed by atoms with Gasteiger partial charge in [0.25, 0.3) is 0 Å². The van der Waals surface area contributed by atoms with E-state index in [1.807, 2.05) is 30.3 Å². The molecule has 0 spiro atoms. The summed E-state index contributed by atoms with van der Waals surface area (Å²) in [5, 5.41) is 19.0. The van der Waals surface area contributed by atoms with E-state index < -0.39 is 0 Å². The molecule has 20 heavy (non-hydrogen) atoms. The van der Waals surface area contributed by atoms with Crippen LogP contribution in [0.2, 0.25) is 0 Å². The minimum absolute atomic E-state index is 0.0569. The summed E-state index contributed by atoms with van der Waals surface area (Å²) in [6.45, 7) is 0.249. The Hall–Kier alpha value is -2.20. The van der Waals surface area contributed by atoms with Crippen molar-refractivity contribution in [2.24, 2.45) is 0 Å². The van der Waals surface area contributed by atoms with E-state index in [9.17, 15) is 10.2 Å². The van der Waals surface area contributed by atoms with Crippen LogP contribution in [-0.2, 0) is 0 Å². The van der Waals surface area contributed by atoms with Crippen molar-refractivity contribution in [3.8, 4) is 17.2 Å². The highest BCUT2D eigenvalue weighted by Crippen LogP contribution is 2.28. The largest absolute Gasteiger partial charge is 0.508 e. The molecule has 2 aromatic rings. The maximum Gasteiger partial charge on any atom is 0.161 e. The van der Waals surface area contributed by atoms with E-state index in [-0.39, 0.29) is 18.3 Å². The van der Waals surface area contributed by atoms with Crippen molar-refractivity contribution in [2.75, 3.05) is 20.3 Å². The second-order valence-corrected chi connectivity index (χ2v) is 4.44. The summed E-state index contributed by atoms with van der Waals surface area (Å²) in [5.41, 5.74) is 0.836. The van der Waals surface area contributed by atoms with Gasteiger partial charge in [0.15, 0.2) is 11.5 Å². The van der Waals surface area contributed by atoms with Crippen LogP contribution in [-0.4, -0.2) is 30.5 Å². The smallest absolute Gasteiger partial charge is 0.161 e. The van der Waals surface area contributed by atoms with Crippen LogP contribution in [0, 0.1) is 0 Å². The zero-order valence-electron chi connectivity index (χ0n) is 11.3. The lowest BCUT2D eigenvalue weighted by atomic mass is 10.0. The van der Waals surface area contributed by atoms with Crippen molar-refractivity contribution < 1.29 is 19.7 Å². The van der Waals surface area contributed by atoms with E-state index in [1.165, 1.54) is 0 Å². The predicted octanol–water partition coefficient (Wildman–Crippen LogP) is 2.56. The second kappa shape index (κ2) is 6.82. The molecule has 0 radical (unpaired) electrons. The minimum Gasteiger partial charge on any atom is -0.508 e. The van der Waals surface area contributed by atoms with Crippen molar-refractivity contribution in [3.63, 3.8) is 0 Å². The fourth-order valence-electron chi connectivity index (χ4n) is 1.96. The number of aliphatic hydroxyl groups is 1. The minimum atomic E-state index is -0.202. The molecule has 0 saturated heterocycles. The van der Waals surface area contributed by atoms with Crippen LogP contribution in [0.15, 0.2) is 48.5 Å². The van der Waals surface area contributed by atoms with Crippen LogP contribution >= 0.6 is 0 Å². The standard InChI is InChI=1S/C16H18O4/c1-19-15-7-2-3-8-16(15)20-11-13(10-17)12-5-4-6-14(18)9-12/h2-9,13,17-18H,10-11H2,1H3. The summed E-state index contributed by atoms with van der Waals surface area (Å²) in [4.78, 5) is 0. The molecule has 106 valence electrons. The topological polar surface area (TPSA) is 58.9 Å². The number of phenolic OH excluding ortho intramolecular Hbond substituents is 1. The molecule has 0 aliphatic carbocycles. The van der Waals surface area contributed by atoms with Crippen LogP contribution in [0.3, 0.4) is 0 Å². The molecule has 2 aromatic carbocycles. The Balaban J connectivity index is 2.08. The fourth-order valence-corrected chi connectivity index (χ4v) is 1.96.